The molecule has 2 N–H and O–H groups in total. The molecule has 2 rings (SSSR count). The summed E-state index contributed by atoms with van der Waals surface area (Å²) in [4.78, 5) is 22.6. The van der Waals surface area contributed by atoms with Crippen molar-refractivity contribution >= 4 is 33.8 Å². The van der Waals surface area contributed by atoms with E-state index in [0.29, 0.717) is 13.1 Å². The zero-order valence-corrected chi connectivity index (χ0v) is 16.5. The van der Waals surface area contributed by atoms with Crippen molar-refractivity contribution in [1.82, 2.24) is 9.88 Å². The Balaban J connectivity index is 1.90. The summed E-state index contributed by atoms with van der Waals surface area (Å²) in [6.45, 7) is 6.92. The Morgan fingerprint density at radius 3 is 2.64 bits per heavy atom. The van der Waals surface area contributed by atoms with Gasteiger partial charge < -0.3 is 15.4 Å². The van der Waals surface area contributed by atoms with Crippen LogP contribution in [0, 0.1) is 0 Å². The summed E-state index contributed by atoms with van der Waals surface area (Å²) >= 11 is 3.40. The van der Waals surface area contributed by atoms with Crippen LogP contribution in [-0.4, -0.2) is 46.9 Å². The monoisotopic (exact) mass is 408 g/mol. The van der Waals surface area contributed by atoms with Crippen LogP contribution in [0.25, 0.3) is 5.57 Å². The summed E-state index contributed by atoms with van der Waals surface area (Å²) in [5.41, 5.74) is 6.99. The van der Waals surface area contributed by atoms with Crippen molar-refractivity contribution in [2.24, 2.45) is 10.7 Å². The topological polar surface area (TPSA) is 80.8 Å². The normalized spacial score (nSPS) is 17.1. The molecule has 0 atom stereocenters. The molecule has 0 spiro atoms. The maximum Gasteiger partial charge on any atom is 0.410 e. The van der Waals surface area contributed by atoms with Gasteiger partial charge in [-0.15, -0.1) is 0 Å². The number of hydrogen-bond donors (Lipinski definition) is 1. The lowest BCUT2D eigenvalue weighted by Gasteiger charge is -2.32. The summed E-state index contributed by atoms with van der Waals surface area (Å²) in [6.07, 6.45) is 8.16. The molecule has 0 radical (unpaired) electrons. The molecule has 0 saturated carbocycles. The van der Waals surface area contributed by atoms with Crippen molar-refractivity contribution in [3.63, 3.8) is 0 Å². The number of nitrogens with two attached hydrogens (primary N) is 1. The van der Waals surface area contributed by atoms with Gasteiger partial charge in [0.1, 0.15) is 5.60 Å². The maximum atomic E-state index is 12.1. The van der Waals surface area contributed by atoms with E-state index in [9.17, 15) is 4.79 Å². The Morgan fingerprint density at radius 1 is 1.40 bits per heavy atom. The molecule has 25 heavy (non-hydrogen) atoms. The van der Waals surface area contributed by atoms with E-state index in [0.717, 1.165) is 28.5 Å². The Hall–Kier alpha value is -1.89. The zero-order valence-electron chi connectivity index (χ0n) is 14.9. The highest BCUT2D eigenvalue weighted by molar-refractivity contribution is 9.10. The Morgan fingerprint density at radius 2 is 2.08 bits per heavy atom. The van der Waals surface area contributed by atoms with Crippen LogP contribution in [-0.2, 0) is 4.74 Å². The first-order valence-electron chi connectivity index (χ1n) is 8.32. The smallest absolute Gasteiger partial charge is 0.410 e. The number of aliphatic imine (C=N–C) groups is 1. The largest absolute Gasteiger partial charge is 0.444 e. The van der Waals surface area contributed by atoms with Crippen LogP contribution in [0.5, 0.6) is 0 Å². The van der Waals surface area contributed by atoms with Crippen LogP contribution in [0.15, 0.2) is 34.1 Å². The molecule has 0 bridgehead atoms. The molecule has 136 valence electrons. The number of pyridine rings is 1. The van der Waals surface area contributed by atoms with Gasteiger partial charge >= 0.3 is 6.09 Å². The van der Waals surface area contributed by atoms with Crippen molar-refractivity contribution in [3.8, 4) is 0 Å². The van der Waals surface area contributed by atoms with E-state index in [2.05, 4.69) is 25.9 Å². The van der Waals surface area contributed by atoms with Gasteiger partial charge in [0.2, 0.25) is 0 Å². The molecule has 1 saturated heterocycles. The van der Waals surface area contributed by atoms with E-state index in [1.807, 2.05) is 26.8 Å². The molecule has 7 heteroatoms. The van der Waals surface area contributed by atoms with Gasteiger partial charge in [-0.3, -0.25) is 9.98 Å². The number of likely N-dealkylation sites (tertiary alicyclic amines) is 1. The second-order valence-corrected chi connectivity index (χ2v) is 7.91. The Bertz CT molecular complexity index is 659. The van der Waals surface area contributed by atoms with Gasteiger partial charge in [0.25, 0.3) is 0 Å². The van der Waals surface area contributed by atoms with E-state index >= 15 is 0 Å². The first-order chi connectivity index (χ1) is 11.8. The summed E-state index contributed by atoms with van der Waals surface area (Å²) < 4.78 is 6.30. The first-order valence-corrected chi connectivity index (χ1v) is 9.12. The predicted molar refractivity (Wildman–Crippen MR) is 103 cm³/mol. The van der Waals surface area contributed by atoms with E-state index in [4.69, 9.17) is 10.5 Å². The minimum absolute atomic E-state index is 0.175. The Kier molecular flexibility index (Phi) is 6.58. The number of nitrogens with zero attached hydrogens (tertiary/aromatic N) is 3. The third-order valence-corrected chi connectivity index (χ3v) is 4.19. The number of amides is 1. The minimum Gasteiger partial charge on any atom is -0.444 e. The van der Waals surface area contributed by atoms with Gasteiger partial charge in [-0.05, 0) is 55.6 Å². The van der Waals surface area contributed by atoms with Crippen molar-refractivity contribution in [1.29, 1.82) is 0 Å². The second kappa shape index (κ2) is 8.47. The quantitative estimate of drug-likeness (QED) is 0.774. The molecule has 1 amide bonds. The van der Waals surface area contributed by atoms with Gasteiger partial charge in [0.05, 0.1) is 6.04 Å². The summed E-state index contributed by atoms with van der Waals surface area (Å²) in [6, 6.07) is 2.12. The number of halogens is 1. The first kappa shape index (κ1) is 19.4. The van der Waals surface area contributed by atoms with Gasteiger partial charge in [0.15, 0.2) is 0 Å². The fourth-order valence-electron chi connectivity index (χ4n) is 2.49. The van der Waals surface area contributed by atoms with Crippen LogP contribution in [0.2, 0.25) is 0 Å². The standard InChI is InChI=1S/C18H25BrN4O2/c1-18(2,3)25-17(24)23-6-4-16(5-7-23)22-11-14(9-20)13-8-15(19)12-21-10-13/h8-12,16H,4-7,20H2,1-3H3. The molecule has 1 aliphatic rings. The van der Waals surface area contributed by atoms with Crippen molar-refractivity contribution in [2.45, 2.75) is 45.3 Å². The predicted octanol–water partition coefficient (Wildman–Crippen LogP) is 3.61. The molecule has 1 aromatic heterocycles. The number of ether oxygens (including phenoxy) is 1. The number of hydrogen-bond acceptors (Lipinski definition) is 5. The molecule has 1 aliphatic heterocycles. The van der Waals surface area contributed by atoms with Crippen molar-refractivity contribution < 1.29 is 9.53 Å². The third kappa shape index (κ3) is 6.16. The fourth-order valence-corrected chi connectivity index (χ4v) is 2.86. The lowest BCUT2D eigenvalue weighted by molar-refractivity contribution is 0.0207. The van der Waals surface area contributed by atoms with Crippen molar-refractivity contribution in [2.75, 3.05) is 13.1 Å². The molecule has 6 nitrogen and oxygen atoms in total. The number of aromatic nitrogens is 1. The second-order valence-electron chi connectivity index (χ2n) is 6.99. The van der Waals surface area contributed by atoms with E-state index < -0.39 is 5.60 Å². The van der Waals surface area contributed by atoms with Crippen LogP contribution in [0.4, 0.5) is 4.79 Å². The molecule has 0 unspecified atom stereocenters. The van der Waals surface area contributed by atoms with E-state index in [1.54, 1.807) is 23.5 Å². The molecule has 0 aliphatic carbocycles. The molecule has 2 heterocycles. The van der Waals surface area contributed by atoms with Crippen LogP contribution in [0.3, 0.4) is 0 Å². The summed E-state index contributed by atoms with van der Waals surface area (Å²) in [5.74, 6) is 0. The number of carbonyl (C=O) groups is 1. The molecule has 0 aromatic carbocycles. The number of rotatable bonds is 3. The fraction of sp³-hybridized carbons (Fsp3) is 0.500. The molecule has 1 aromatic rings. The third-order valence-electron chi connectivity index (χ3n) is 3.76. The highest BCUT2D eigenvalue weighted by Gasteiger charge is 2.26. The summed E-state index contributed by atoms with van der Waals surface area (Å²) in [7, 11) is 0. The van der Waals surface area contributed by atoms with Crippen LogP contribution in [0.1, 0.15) is 39.2 Å². The highest BCUT2D eigenvalue weighted by atomic mass is 79.9. The van der Waals surface area contributed by atoms with Crippen LogP contribution >= 0.6 is 15.9 Å². The number of carbonyl (C=O) groups excluding carboxylic acids is 1. The zero-order chi connectivity index (χ0) is 18.4. The molecular formula is C18H25BrN4O2. The minimum atomic E-state index is -0.467. The number of piperidine rings is 1. The van der Waals surface area contributed by atoms with Gasteiger partial charge in [-0.2, -0.15) is 0 Å². The van der Waals surface area contributed by atoms with Crippen molar-refractivity contribution in [3.05, 3.63) is 34.7 Å². The van der Waals surface area contributed by atoms with Gasteiger partial charge in [-0.25, -0.2) is 4.79 Å². The lowest BCUT2D eigenvalue weighted by Crippen LogP contribution is -2.42. The van der Waals surface area contributed by atoms with Gasteiger partial charge in [-0.1, -0.05) is 0 Å². The van der Waals surface area contributed by atoms with Crippen LogP contribution < -0.4 is 5.73 Å². The maximum absolute atomic E-state index is 12.1. The SMILES string of the molecule is CC(C)(C)OC(=O)N1CCC(N=CC(=CN)c2cncc(Br)c2)CC1. The molecule has 1 fully saturated rings. The molecular weight excluding hydrogens is 384 g/mol. The average Bonchev–Trinajstić information content (AvgIpc) is 2.54. The lowest BCUT2D eigenvalue weighted by atomic mass is 10.1. The van der Waals surface area contributed by atoms with E-state index in [1.165, 1.54) is 6.20 Å². The highest BCUT2D eigenvalue weighted by Crippen LogP contribution is 2.19. The van der Waals surface area contributed by atoms with Gasteiger partial charge in [0, 0.05) is 53.5 Å². The summed E-state index contributed by atoms with van der Waals surface area (Å²) in [5, 5.41) is 0. The average molecular weight is 409 g/mol. The Labute approximate surface area is 157 Å². The number of allylic oxidation sites excluding steroid dienone is 1. The van der Waals surface area contributed by atoms with E-state index in [-0.39, 0.29) is 12.1 Å².